The quantitative estimate of drug-likeness (QED) is 0.899. The number of carbonyl (C=O) groups is 1. The molecule has 0 bridgehead atoms. The van der Waals surface area contributed by atoms with E-state index in [4.69, 9.17) is 5.26 Å². The number of carboxylic acid groups (broad SMARTS) is 1. The van der Waals surface area contributed by atoms with E-state index in [0.717, 1.165) is 0 Å². The van der Waals surface area contributed by atoms with Crippen molar-refractivity contribution < 1.29 is 9.90 Å². The molecule has 0 amide bonds. The van der Waals surface area contributed by atoms with Crippen LogP contribution in [0.25, 0.3) is 0 Å². The number of hydrogen-bond acceptors (Lipinski definition) is 4. The minimum Gasteiger partial charge on any atom is -0.479 e. The molecule has 21 heavy (non-hydrogen) atoms. The number of nitriles is 1. The van der Waals surface area contributed by atoms with E-state index in [9.17, 15) is 9.90 Å². The maximum absolute atomic E-state index is 11.7. The number of aliphatic carboxylic acids is 1. The van der Waals surface area contributed by atoms with Crippen molar-refractivity contribution in [1.29, 1.82) is 5.26 Å². The second-order valence-electron chi connectivity index (χ2n) is 4.88. The molecule has 2 aromatic rings. The normalized spacial score (nSPS) is 13.0. The lowest BCUT2D eigenvalue weighted by atomic mass is 9.92. The number of anilines is 1. The molecule has 2 N–H and O–H groups in total. The lowest BCUT2D eigenvalue weighted by Gasteiger charge is -2.27. The Morgan fingerprint density at radius 1 is 1.29 bits per heavy atom. The fourth-order valence-electron chi connectivity index (χ4n) is 2.00. The molecular formula is C16H15N3O2. The van der Waals surface area contributed by atoms with E-state index in [1.807, 2.05) is 12.1 Å². The monoisotopic (exact) mass is 281 g/mol. The van der Waals surface area contributed by atoms with E-state index in [0.29, 0.717) is 16.8 Å². The van der Waals surface area contributed by atoms with E-state index in [1.54, 1.807) is 50.2 Å². The molecule has 5 nitrogen and oxygen atoms in total. The molecule has 0 fully saturated rings. The molecule has 1 aromatic heterocycles. The van der Waals surface area contributed by atoms with Crippen LogP contribution in [0.3, 0.4) is 0 Å². The van der Waals surface area contributed by atoms with Gasteiger partial charge in [-0.15, -0.1) is 0 Å². The second-order valence-corrected chi connectivity index (χ2v) is 4.88. The molecule has 0 aliphatic carbocycles. The third-order valence-corrected chi connectivity index (χ3v) is 3.30. The third kappa shape index (κ3) is 2.84. The van der Waals surface area contributed by atoms with Gasteiger partial charge in [-0.2, -0.15) is 5.26 Å². The lowest BCUT2D eigenvalue weighted by Crippen LogP contribution is -2.41. The molecule has 0 saturated heterocycles. The van der Waals surface area contributed by atoms with Crippen molar-refractivity contribution in [2.75, 3.05) is 5.32 Å². The number of aromatic nitrogens is 1. The van der Waals surface area contributed by atoms with Crippen LogP contribution in [0.4, 0.5) is 5.82 Å². The van der Waals surface area contributed by atoms with Crippen molar-refractivity contribution in [2.45, 2.75) is 19.4 Å². The first-order chi connectivity index (χ1) is 9.97. The highest BCUT2D eigenvalue weighted by atomic mass is 16.4. The van der Waals surface area contributed by atoms with E-state index in [-0.39, 0.29) is 5.82 Å². The predicted octanol–water partition coefficient (Wildman–Crippen LogP) is 2.67. The molecule has 106 valence electrons. The first-order valence-electron chi connectivity index (χ1n) is 6.42. The fourth-order valence-corrected chi connectivity index (χ4v) is 2.00. The highest BCUT2D eigenvalue weighted by Gasteiger charge is 2.36. The number of benzene rings is 1. The number of pyridine rings is 1. The summed E-state index contributed by atoms with van der Waals surface area (Å²) in [5, 5.41) is 21.6. The van der Waals surface area contributed by atoms with Gasteiger partial charge in [-0.05, 0) is 31.5 Å². The average molecular weight is 281 g/mol. The van der Waals surface area contributed by atoms with E-state index < -0.39 is 11.5 Å². The highest BCUT2D eigenvalue weighted by molar-refractivity contribution is 5.84. The van der Waals surface area contributed by atoms with Gasteiger partial charge >= 0.3 is 5.97 Å². The van der Waals surface area contributed by atoms with E-state index >= 15 is 0 Å². The number of nitrogens with zero attached hydrogens (tertiary/aromatic N) is 2. The van der Waals surface area contributed by atoms with Crippen LogP contribution < -0.4 is 5.32 Å². The van der Waals surface area contributed by atoms with Gasteiger partial charge in [-0.1, -0.05) is 30.3 Å². The zero-order valence-electron chi connectivity index (χ0n) is 11.8. The van der Waals surface area contributed by atoms with E-state index in [1.165, 1.54) is 0 Å². The first kappa shape index (κ1) is 14.5. The van der Waals surface area contributed by atoms with Crippen molar-refractivity contribution in [3.63, 3.8) is 0 Å². The molecule has 2 rings (SSSR count). The second kappa shape index (κ2) is 5.63. The van der Waals surface area contributed by atoms with Crippen molar-refractivity contribution in [2.24, 2.45) is 0 Å². The minimum atomic E-state index is -1.37. The first-order valence-corrected chi connectivity index (χ1v) is 6.42. The summed E-state index contributed by atoms with van der Waals surface area (Å²) in [6, 6.07) is 14.2. The summed E-state index contributed by atoms with van der Waals surface area (Å²) in [6.45, 7) is 3.34. The average Bonchev–Trinajstić information content (AvgIpc) is 2.48. The summed E-state index contributed by atoms with van der Waals surface area (Å²) in [5.74, 6) is -0.771. The summed E-state index contributed by atoms with van der Waals surface area (Å²) in [7, 11) is 0. The van der Waals surface area contributed by atoms with E-state index in [2.05, 4.69) is 10.3 Å². The topological polar surface area (TPSA) is 86.0 Å². The van der Waals surface area contributed by atoms with Gasteiger partial charge in [0.15, 0.2) is 5.54 Å². The Morgan fingerprint density at radius 3 is 2.52 bits per heavy atom. The van der Waals surface area contributed by atoms with Crippen molar-refractivity contribution in [1.82, 2.24) is 4.98 Å². The molecular weight excluding hydrogens is 266 g/mol. The molecule has 1 atom stereocenters. The zero-order chi connectivity index (χ0) is 15.5. The fraction of sp³-hybridized carbons (Fsp3) is 0.188. The molecule has 0 aliphatic rings. The lowest BCUT2D eigenvalue weighted by molar-refractivity contribution is -0.142. The summed E-state index contributed by atoms with van der Waals surface area (Å²) in [6.07, 6.45) is 0. The SMILES string of the molecule is Cc1ccc(C#N)c(NC(C)(C(=O)O)c2ccccc2)n1. The molecule has 0 radical (unpaired) electrons. The maximum atomic E-state index is 11.7. The Labute approximate surface area is 122 Å². The Bertz CT molecular complexity index is 707. The van der Waals surface area contributed by atoms with Gasteiger partial charge < -0.3 is 10.4 Å². The van der Waals surface area contributed by atoms with Crippen LogP contribution in [0.2, 0.25) is 0 Å². The minimum absolute atomic E-state index is 0.270. The molecule has 1 aromatic carbocycles. The molecule has 5 heteroatoms. The van der Waals surface area contributed by atoms with Crippen molar-refractivity contribution in [3.8, 4) is 6.07 Å². The Hall–Kier alpha value is -2.87. The van der Waals surface area contributed by atoms with Crippen molar-refractivity contribution in [3.05, 3.63) is 59.3 Å². The summed E-state index contributed by atoms with van der Waals surface area (Å²) in [4.78, 5) is 16.0. The molecule has 1 unspecified atom stereocenters. The predicted molar refractivity (Wildman–Crippen MR) is 78.7 cm³/mol. The van der Waals surface area contributed by atoms with Crippen LogP contribution in [0.1, 0.15) is 23.7 Å². The Kier molecular flexibility index (Phi) is 3.90. The smallest absolute Gasteiger partial charge is 0.333 e. The number of rotatable bonds is 4. The summed E-state index contributed by atoms with van der Waals surface area (Å²) >= 11 is 0. The van der Waals surface area contributed by atoms with Crippen LogP contribution in [0.5, 0.6) is 0 Å². The largest absolute Gasteiger partial charge is 0.479 e. The van der Waals surface area contributed by atoms with Crippen LogP contribution in [-0.2, 0) is 10.3 Å². The van der Waals surface area contributed by atoms with Gasteiger partial charge in [0.05, 0.1) is 5.56 Å². The van der Waals surface area contributed by atoms with Crippen LogP contribution >= 0.6 is 0 Å². The molecule has 0 aliphatic heterocycles. The molecule has 0 spiro atoms. The van der Waals surface area contributed by atoms with Gasteiger partial charge in [0.25, 0.3) is 0 Å². The third-order valence-electron chi connectivity index (χ3n) is 3.30. The molecule has 1 heterocycles. The van der Waals surface area contributed by atoms with Gasteiger partial charge in [-0.3, -0.25) is 0 Å². The van der Waals surface area contributed by atoms with Crippen LogP contribution in [-0.4, -0.2) is 16.1 Å². The van der Waals surface area contributed by atoms with Crippen LogP contribution in [0.15, 0.2) is 42.5 Å². The maximum Gasteiger partial charge on any atom is 0.333 e. The van der Waals surface area contributed by atoms with Crippen LogP contribution in [0, 0.1) is 18.3 Å². The Balaban J connectivity index is 2.50. The van der Waals surface area contributed by atoms with Crippen molar-refractivity contribution >= 4 is 11.8 Å². The number of hydrogen-bond donors (Lipinski definition) is 2. The number of aryl methyl sites for hydroxylation is 1. The summed E-state index contributed by atoms with van der Waals surface area (Å²) < 4.78 is 0. The molecule has 0 saturated carbocycles. The van der Waals surface area contributed by atoms with Gasteiger partial charge in [-0.25, -0.2) is 9.78 Å². The standard InChI is InChI=1S/C16H15N3O2/c1-11-8-9-12(10-17)14(18-11)19-16(2,15(20)21)13-6-4-3-5-7-13/h3-9H,1-2H3,(H,18,19)(H,20,21). The van der Waals surface area contributed by atoms with Gasteiger partial charge in [0.1, 0.15) is 11.9 Å². The zero-order valence-corrected chi connectivity index (χ0v) is 11.8. The van der Waals surface area contributed by atoms with Gasteiger partial charge in [0, 0.05) is 5.69 Å². The number of carboxylic acids is 1. The summed E-state index contributed by atoms with van der Waals surface area (Å²) in [5.41, 5.74) is 0.235. The van der Waals surface area contributed by atoms with Gasteiger partial charge in [0.2, 0.25) is 0 Å². The Morgan fingerprint density at radius 2 is 1.95 bits per heavy atom. The highest BCUT2D eigenvalue weighted by Crippen LogP contribution is 2.27. The number of nitrogens with one attached hydrogen (secondary N) is 1.